The van der Waals surface area contributed by atoms with Crippen molar-refractivity contribution in [3.05, 3.63) is 35.4 Å². The lowest BCUT2D eigenvalue weighted by atomic mass is 10.1. The van der Waals surface area contributed by atoms with Gasteiger partial charge in [0.2, 0.25) is 9.80 Å². The second kappa shape index (κ2) is 6.15. The van der Waals surface area contributed by atoms with E-state index in [1.807, 2.05) is 37.4 Å². The molecule has 0 saturated heterocycles. The van der Waals surface area contributed by atoms with E-state index in [0.717, 1.165) is 21.9 Å². The van der Waals surface area contributed by atoms with Crippen LogP contribution in [0.2, 0.25) is 0 Å². The van der Waals surface area contributed by atoms with Crippen LogP contribution in [-0.2, 0) is 3.74 Å². The molecule has 0 N–H and O–H groups in total. The van der Waals surface area contributed by atoms with E-state index in [2.05, 4.69) is 8.73 Å². The summed E-state index contributed by atoms with van der Waals surface area (Å²) in [6.45, 7) is 1.95. The Hall–Kier alpha value is -0.0600. The van der Waals surface area contributed by atoms with Gasteiger partial charge in [-0.15, -0.1) is 11.8 Å². The van der Waals surface area contributed by atoms with Crippen LogP contribution in [0.25, 0.3) is 0 Å². The first kappa shape index (κ1) is 15.3. The van der Waals surface area contributed by atoms with Crippen LogP contribution in [-0.4, -0.2) is 15.6 Å². The third-order valence-electron chi connectivity index (χ3n) is 2.11. The highest BCUT2D eigenvalue weighted by atomic mass is 35.7. The van der Waals surface area contributed by atoms with Gasteiger partial charge in [0, 0.05) is 16.4 Å². The van der Waals surface area contributed by atoms with Gasteiger partial charge in [0.15, 0.2) is 0 Å². The maximum Gasteiger partial charge on any atom is 0.201 e. The van der Waals surface area contributed by atoms with Crippen molar-refractivity contribution in [1.29, 1.82) is 0 Å². The summed E-state index contributed by atoms with van der Waals surface area (Å²) in [5.41, 5.74) is 1.84. The molecule has 1 atom stereocenters. The molecular formula is C10H10ClNO4S3. The molecule has 1 aromatic carbocycles. The Balaban J connectivity index is 2.36. The Labute approximate surface area is 123 Å². The van der Waals surface area contributed by atoms with Gasteiger partial charge in [0.1, 0.15) is 13.1 Å². The van der Waals surface area contributed by atoms with Gasteiger partial charge < -0.3 is 0 Å². The van der Waals surface area contributed by atoms with E-state index in [4.69, 9.17) is 0 Å². The van der Waals surface area contributed by atoms with Crippen molar-refractivity contribution in [2.75, 3.05) is 6.26 Å². The highest BCUT2D eigenvalue weighted by Crippen LogP contribution is 2.45. The van der Waals surface area contributed by atoms with Crippen LogP contribution in [0.15, 0.2) is 29.3 Å². The van der Waals surface area contributed by atoms with Gasteiger partial charge in [-0.3, -0.25) is 0 Å². The molecule has 0 spiro atoms. The van der Waals surface area contributed by atoms with Gasteiger partial charge in [0.25, 0.3) is 0 Å². The first-order valence-corrected chi connectivity index (χ1v) is 9.93. The normalized spacial score (nSPS) is 19.7. The van der Waals surface area contributed by atoms with Crippen molar-refractivity contribution in [3.63, 3.8) is 0 Å². The molecule has 0 saturated carbocycles. The molecule has 104 valence electrons. The molecule has 1 aliphatic rings. The lowest BCUT2D eigenvalue weighted by Crippen LogP contribution is -2.60. The van der Waals surface area contributed by atoms with Crippen molar-refractivity contribution in [2.45, 2.75) is 6.92 Å². The zero-order chi connectivity index (χ0) is 14.0. The van der Waals surface area contributed by atoms with E-state index in [-0.39, 0.29) is 0 Å². The monoisotopic (exact) mass is 339 g/mol. The fraction of sp³-hybridized carbons (Fsp3) is 0.200. The third kappa shape index (κ3) is 4.20. The third-order valence-corrected chi connectivity index (χ3v) is 7.58. The minimum atomic E-state index is -4.47. The van der Waals surface area contributed by atoms with Crippen molar-refractivity contribution >= 4 is 41.7 Å². The molecule has 2 rings (SSSR count). The minimum Gasteiger partial charge on any atom is -0.224 e. The summed E-state index contributed by atoms with van der Waals surface area (Å²) >= 11 is 1.38. The fourth-order valence-corrected chi connectivity index (χ4v) is 6.70. The lowest BCUT2D eigenvalue weighted by molar-refractivity contribution is -1.91. The average Bonchev–Trinajstić information content (AvgIpc) is 2.71. The van der Waals surface area contributed by atoms with Gasteiger partial charge in [0.05, 0.1) is 10.2 Å². The van der Waals surface area contributed by atoms with Crippen molar-refractivity contribution < 1.29 is 28.0 Å². The Morgan fingerprint density at radius 1 is 1.26 bits per heavy atom. The Kier molecular flexibility index (Phi) is 4.96. The number of nitrogens with zero attached hydrogens (tertiary/aromatic N) is 1. The van der Waals surface area contributed by atoms with Gasteiger partial charge in [-0.05, 0) is 13.2 Å². The maximum atomic E-state index is 10.7. The van der Waals surface area contributed by atoms with Crippen LogP contribution < -0.4 is 14.0 Å². The zero-order valence-electron chi connectivity index (χ0n) is 9.99. The smallest absolute Gasteiger partial charge is 0.201 e. The van der Waals surface area contributed by atoms with Gasteiger partial charge in [-0.2, -0.15) is 14.0 Å². The predicted octanol–water partition coefficient (Wildman–Crippen LogP) is -0.0484. The standard InChI is InChI=1S/C10H10ClNO4S3/c1-7-3-5-8(6-4-7)9-12-10(17-2)18-19(9)16-11(13,14)15/h3-6H,1-2H3. The number of halogens is 1. The molecule has 0 aliphatic carbocycles. The van der Waals surface area contributed by atoms with Gasteiger partial charge >= 0.3 is 0 Å². The SMILES string of the molecule is CSC1=NC(c2ccc(C)cc2)=S(O[Cl+3]([O-])([O-])[O-])S1. The van der Waals surface area contributed by atoms with Crippen molar-refractivity contribution in [3.8, 4) is 0 Å². The number of aryl methyl sites for hydroxylation is 1. The number of benzene rings is 1. The fourth-order valence-electron chi connectivity index (χ4n) is 1.29. The molecule has 1 unspecified atom stereocenters. The van der Waals surface area contributed by atoms with E-state index in [0.29, 0.717) is 9.36 Å². The Bertz CT molecular complexity index is 539. The Morgan fingerprint density at radius 2 is 1.89 bits per heavy atom. The van der Waals surface area contributed by atoms with E-state index in [1.165, 1.54) is 11.8 Å². The van der Waals surface area contributed by atoms with Crippen LogP contribution in [0.5, 0.6) is 0 Å². The maximum absolute atomic E-state index is 10.7. The molecule has 1 aromatic rings. The van der Waals surface area contributed by atoms with Gasteiger partial charge in [-0.25, -0.2) is 4.99 Å². The lowest BCUT2D eigenvalue weighted by Gasteiger charge is -2.12. The van der Waals surface area contributed by atoms with Crippen LogP contribution in [0.1, 0.15) is 11.1 Å². The second-order valence-corrected chi connectivity index (χ2v) is 8.64. The second-order valence-electron chi connectivity index (χ2n) is 3.51. The molecule has 5 nitrogen and oxygen atoms in total. The minimum absolute atomic E-state index is 0.473. The summed E-state index contributed by atoms with van der Waals surface area (Å²) in [6, 6.07) is 7.44. The average molecular weight is 340 g/mol. The van der Waals surface area contributed by atoms with E-state index in [1.54, 1.807) is 0 Å². The molecule has 0 radical (unpaired) electrons. The number of hydrogen-bond donors (Lipinski definition) is 0. The number of hydrogen-bond acceptors (Lipinski definition) is 7. The quantitative estimate of drug-likeness (QED) is 0.566. The van der Waals surface area contributed by atoms with Crippen molar-refractivity contribution in [2.24, 2.45) is 4.99 Å². The molecule has 9 heteroatoms. The molecule has 0 aromatic heterocycles. The number of aliphatic imine (C=N–C) groups is 1. The molecule has 1 heterocycles. The summed E-state index contributed by atoms with van der Waals surface area (Å²) in [5.74, 6) is 0. The highest BCUT2D eigenvalue weighted by molar-refractivity contribution is 8.91. The zero-order valence-corrected chi connectivity index (χ0v) is 13.2. The molecule has 19 heavy (non-hydrogen) atoms. The largest absolute Gasteiger partial charge is 0.224 e. The summed E-state index contributed by atoms with van der Waals surface area (Å²) < 4.78 is 37.4. The molecule has 0 amide bonds. The van der Waals surface area contributed by atoms with Crippen LogP contribution >= 0.6 is 32.4 Å². The topological polar surface area (TPSA) is 90.8 Å². The molecule has 0 bridgehead atoms. The Morgan fingerprint density at radius 3 is 2.42 bits per heavy atom. The van der Waals surface area contributed by atoms with E-state index >= 15 is 0 Å². The van der Waals surface area contributed by atoms with E-state index in [9.17, 15) is 14.0 Å². The summed E-state index contributed by atoms with van der Waals surface area (Å²) in [6.07, 6.45) is 1.83. The molecule has 1 aliphatic heterocycles. The summed E-state index contributed by atoms with van der Waals surface area (Å²) in [4.78, 5) is 4.78. The van der Waals surface area contributed by atoms with Crippen LogP contribution in [0.4, 0.5) is 0 Å². The van der Waals surface area contributed by atoms with Crippen LogP contribution in [0.3, 0.4) is 0 Å². The summed E-state index contributed by atoms with van der Waals surface area (Å²) in [7, 11) is -4.56. The first-order valence-electron chi connectivity index (χ1n) is 4.99. The van der Waals surface area contributed by atoms with Crippen molar-refractivity contribution in [1.82, 2.24) is 0 Å². The molecular weight excluding hydrogens is 330 g/mol. The van der Waals surface area contributed by atoms with Crippen LogP contribution in [0, 0.1) is 17.2 Å². The summed E-state index contributed by atoms with van der Waals surface area (Å²) in [5, 5.41) is 0. The highest BCUT2D eigenvalue weighted by Gasteiger charge is 2.32. The number of thioether (sulfide) groups is 1. The number of rotatable bonds is 3. The predicted molar refractivity (Wildman–Crippen MR) is 72.5 cm³/mol. The van der Waals surface area contributed by atoms with E-state index < -0.39 is 20.0 Å². The van der Waals surface area contributed by atoms with Gasteiger partial charge in [-0.1, -0.05) is 29.8 Å². The first-order chi connectivity index (χ1) is 8.89. The molecule has 0 fully saturated rings.